The smallest absolute Gasteiger partial charge is 0.338 e. The molecule has 2 aromatic rings. The van der Waals surface area contributed by atoms with Crippen LogP contribution in [0, 0.1) is 10.1 Å². The average molecular weight is 365 g/mol. The average Bonchev–Trinajstić information content (AvgIpc) is 2.61. The number of nitrogens with zero attached hydrogens (tertiary/aromatic N) is 1. The summed E-state index contributed by atoms with van der Waals surface area (Å²) in [6, 6.07) is 11.0. The summed E-state index contributed by atoms with van der Waals surface area (Å²) in [6.45, 7) is 0.872. The zero-order valence-electron chi connectivity index (χ0n) is 13.5. The number of carbonyl (C=O) groups excluding carboxylic acids is 1. The second kappa shape index (κ2) is 9.00. The number of methoxy groups -OCH3 is 1. The molecule has 0 amide bonds. The number of benzene rings is 2. The molecule has 0 saturated carbocycles. The highest BCUT2D eigenvalue weighted by Crippen LogP contribution is 2.26. The predicted octanol–water partition coefficient (Wildman–Crippen LogP) is 3.66. The molecule has 132 valence electrons. The lowest BCUT2D eigenvalue weighted by Gasteiger charge is -2.09. The third kappa shape index (κ3) is 5.44. The first-order valence-electron chi connectivity index (χ1n) is 7.44. The van der Waals surface area contributed by atoms with Gasteiger partial charge in [-0.15, -0.1) is 0 Å². The maximum atomic E-state index is 12.1. The summed E-state index contributed by atoms with van der Waals surface area (Å²) in [5, 5.41) is 14.7. The van der Waals surface area contributed by atoms with Crippen molar-refractivity contribution in [3.63, 3.8) is 0 Å². The quantitative estimate of drug-likeness (QED) is 0.332. The summed E-state index contributed by atoms with van der Waals surface area (Å²) >= 11 is 5.79. The van der Waals surface area contributed by atoms with E-state index in [1.165, 1.54) is 25.3 Å². The van der Waals surface area contributed by atoms with Gasteiger partial charge in [0.15, 0.2) is 0 Å². The van der Waals surface area contributed by atoms with Crippen molar-refractivity contribution in [2.24, 2.45) is 0 Å². The zero-order chi connectivity index (χ0) is 18.2. The molecule has 1 N–H and O–H groups in total. The van der Waals surface area contributed by atoms with Gasteiger partial charge in [-0.2, -0.15) is 0 Å². The molecule has 0 unspecified atom stereocenters. The monoisotopic (exact) mass is 364 g/mol. The number of ether oxygens (including phenoxy) is 2. The predicted molar refractivity (Wildman–Crippen MR) is 94.0 cm³/mol. The van der Waals surface area contributed by atoms with Gasteiger partial charge in [-0.1, -0.05) is 23.7 Å². The Morgan fingerprint density at radius 2 is 1.96 bits per heavy atom. The summed E-state index contributed by atoms with van der Waals surface area (Å²) in [7, 11) is 1.54. The molecule has 25 heavy (non-hydrogen) atoms. The first-order chi connectivity index (χ1) is 12.0. The third-order valence-electron chi connectivity index (χ3n) is 3.33. The third-order valence-corrected chi connectivity index (χ3v) is 3.59. The first-order valence-corrected chi connectivity index (χ1v) is 7.82. The van der Waals surface area contributed by atoms with Crippen LogP contribution in [0.4, 0.5) is 11.4 Å². The molecular formula is C17H17ClN2O5. The standard InChI is InChI=1S/C17H17ClN2O5/c1-24-9-8-19-15-7-4-13(10-16(15)20(22)23)17(21)25-11-12-2-5-14(18)6-3-12/h2-7,10,19H,8-9,11H2,1H3. The van der Waals surface area contributed by atoms with E-state index in [1.54, 1.807) is 24.3 Å². The number of hydrogen-bond donors (Lipinski definition) is 1. The number of carbonyl (C=O) groups is 1. The lowest BCUT2D eigenvalue weighted by Crippen LogP contribution is -2.11. The molecule has 0 heterocycles. The Bertz CT molecular complexity index is 749. The fourth-order valence-electron chi connectivity index (χ4n) is 2.06. The van der Waals surface area contributed by atoms with E-state index < -0.39 is 10.9 Å². The van der Waals surface area contributed by atoms with Crippen molar-refractivity contribution < 1.29 is 19.2 Å². The van der Waals surface area contributed by atoms with Crippen molar-refractivity contribution in [3.8, 4) is 0 Å². The maximum Gasteiger partial charge on any atom is 0.338 e. The molecule has 0 atom stereocenters. The van der Waals surface area contributed by atoms with Crippen LogP contribution in [0.2, 0.25) is 5.02 Å². The lowest BCUT2D eigenvalue weighted by atomic mass is 10.1. The molecule has 0 aliphatic carbocycles. The van der Waals surface area contributed by atoms with Gasteiger partial charge in [-0.3, -0.25) is 10.1 Å². The van der Waals surface area contributed by atoms with Crippen molar-refractivity contribution in [1.29, 1.82) is 0 Å². The van der Waals surface area contributed by atoms with E-state index in [-0.39, 0.29) is 17.9 Å². The molecule has 0 radical (unpaired) electrons. The van der Waals surface area contributed by atoms with Gasteiger partial charge in [0, 0.05) is 24.7 Å². The van der Waals surface area contributed by atoms with Crippen molar-refractivity contribution >= 4 is 28.9 Å². The van der Waals surface area contributed by atoms with Crippen LogP contribution < -0.4 is 5.32 Å². The Morgan fingerprint density at radius 1 is 1.24 bits per heavy atom. The largest absolute Gasteiger partial charge is 0.457 e. The summed E-state index contributed by atoms with van der Waals surface area (Å²) in [5.41, 5.74) is 0.997. The molecule has 0 aliphatic rings. The number of anilines is 1. The van der Waals surface area contributed by atoms with Gasteiger partial charge >= 0.3 is 5.97 Å². The van der Waals surface area contributed by atoms with E-state index in [1.807, 2.05) is 0 Å². The fraction of sp³-hybridized carbons (Fsp3) is 0.235. The van der Waals surface area contributed by atoms with Gasteiger partial charge in [0.25, 0.3) is 5.69 Å². The number of rotatable bonds is 8. The fourth-order valence-corrected chi connectivity index (χ4v) is 2.19. The number of esters is 1. The van der Waals surface area contributed by atoms with Crippen LogP contribution in [0.5, 0.6) is 0 Å². The Kier molecular flexibility index (Phi) is 6.73. The van der Waals surface area contributed by atoms with Crippen molar-refractivity contribution in [2.45, 2.75) is 6.61 Å². The first kappa shape index (κ1) is 18.7. The van der Waals surface area contributed by atoms with Gasteiger partial charge in [-0.25, -0.2) is 4.79 Å². The van der Waals surface area contributed by atoms with Crippen LogP contribution in [-0.2, 0) is 16.1 Å². The van der Waals surface area contributed by atoms with Gasteiger partial charge in [0.1, 0.15) is 12.3 Å². The minimum atomic E-state index is -0.638. The van der Waals surface area contributed by atoms with Crippen LogP contribution in [-0.4, -0.2) is 31.2 Å². The molecule has 0 aliphatic heterocycles. The SMILES string of the molecule is COCCNc1ccc(C(=O)OCc2ccc(Cl)cc2)cc1[N+](=O)[O-]. The van der Waals surface area contributed by atoms with Gasteiger partial charge in [0.2, 0.25) is 0 Å². The maximum absolute atomic E-state index is 12.1. The Balaban J connectivity index is 2.07. The number of hydrogen-bond acceptors (Lipinski definition) is 6. The van der Waals surface area contributed by atoms with Crippen LogP contribution in [0.25, 0.3) is 0 Å². The van der Waals surface area contributed by atoms with E-state index in [0.29, 0.717) is 23.9 Å². The summed E-state index contributed by atoms with van der Waals surface area (Å²) in [6.07, 6.45) is 0. The van der Waals surface area contributed by atoms with Crippen LogP contribution >= 0.6 is 11.6 Å². The minimum absolute atomic E-state index is 0.0532. The second-order valence-corrected chi connectivity index (χ2v) is 5.55. The minimum Gasteiger partial charge on any atom is -0.457 e. The Labute approximate surface area is 149 Å². The number of nitro benzene ring substituents is 1. The van der Waals surface area contributed by atoms with Crippen LogP contribution in [0.3, 0.4) is 0 Å². The molecule has 0 bridgehead atoms. The molecule has 0 aromatic heterocycles. The molecular weight excluding hydrogens is 348 g/mol. The molecule has 0 fully saturated rings. The summed E-state index contributed by atoms with van der Waals surface area (Å²) in [5.74, 6) is -0.638. The molecule has 7 nitrogen and oxygen atoms in total. The van der Waals surface area contributed by atoms with E-state index in [4.69, 9.17) is 21.1 Å². The van der Waals surface area contributed by atoms with Crippen molar-refractivity contribution in [2.75, 3.05) is 25.6 Å². The van der Waals surface area contributed by atoms with E-state index in [9.17, 15) is 14.9 Å². The normalized spacial score (nSPS) is 10.3. The van der Waals surface area contributed by atoms with E-state index in [0.717, 1.165) is 5.56 Å². The number of halogens is 1. The van der Waals surface area contributed by atoms with Crippen LogP contribution in [0.1, 0.15) is 15.9 Å². The molecule has 2 rings (SSSR count). The molecule has 0 saturated heterocycles. The van der Waals surface area contributed by atoms with Gasteiger partial charge in [0.05, 0.1) is 17.1 Å². The van der Waals surface area contributed by atoms with E-state index >= 15 is 0 Å². The van der Waals surface area contributed by atoms with Crippen molar-refractivity contribution in [3.05, 3.63) is 68.7 Å². The second-order valence-electron chi connectivity index (χ2n) is 5.11. The topological polar surface area (TPSA) is 90.7 Å². The number of nitrogens with one attached hydrogen (secondary N) is 1. The summed E-state index contributed by atoms with van der Waals surface area (Å²) in [4.78, 5) is 22.8. The van der Waals surface area contributed by atoms with Gasteiger partial charge < -0.3 is 14.8 Å². The highest BCUT2D eigenvalue weighted by Gasteiger charge is 2.18. The highest BCUT2D eigenvalue weighted by molar-refractivity contribution is 6.30. The van der Waals surface area contributed by atoms with Gasteiger partial charge in [-0.05, 0) is 29.8 Å². The number of nitro groups is 1. The molecule has 8 heteroatoms. The van der Waals surface area contributed by atoms with E-state index in [2.05, 4.69) is 5.32 Å². The van der Waals surface area contributed by atoms with Crippen LogP contribution in [0.15, 0.2) is 42.5 Å². The molecule has 2 aromatic carbocycles. The zero-order valence-corrected chi connectivity index (χ0v) is 14.3. The Hall–Kier alpha value is -2.64. The Morgan fingerprint density at radius 3 is 2.60 bits per heavy atom. The molecule has 0 spiro atoms. The highest BCUT2D eigenvalue weighted by atomic mass is 35.5. The summed E-state index contributed by atoms with van der Waals surface area (Å²) < 4.78 is 10.1. The van der Waals surface area contributed by atoms with Crippen molar-refractivity contribution in [1.82, 2.24) is 0 Å². The lowest BCUT2D eigenvalue weighted by molar-refractivity contribution is -0.384.